The number of ketones is 1. The number of ether oxygens (including phenoxy) is 2. The third-order valence-corrected chi connectivity index (χ3v) is 2.17. The Morgan fingerprint density at radius 1 is 1.27 bits per heavy atom. The highest BCUT2D eigenvalue weighted by atomic mass is 16.5. The molecule has 90 valence electrons. The van der Waals surface area contributed by atoms with E-state index in [2.05, 4.69) is 13.8 Å². The highest BCUT2D eigenvalue weighted by molar-refractivity contribution is 5.79. The largest absolute Gasteiger partial charge is 0.378 e. The fraction of sp³-hybridized carbons (Fsp3) is 0.909. The van der Waals surface area contributed by atoms with E-state index in [9.17, 15) is 4.79 Å². The van der Waals surface area contributed by atoms with Crippen LogP contribution in [0.5, 0.6) is 0 Å². The summed E-state index contributed by atoms with van der Waals surface area (Å²) >= 11 is 0. The summed E-state index contributed by atoms with van der Waals surface area (Å²) in [6.07, 6.45) is 1.64. The summed E-state index contributed by atoms with van der Waals surface area (Å²) in [5.74, 6) is 0.623. The van der Waals surface area contributed by atoms with Gasteiger partial charge in [0.15, 0.2) is 5.78 Å². The molecule has 0 aromatic heterocycles. The minimum atomic E-state index is 0.170. The first-order valence-electron chi connectivity index (χ1n) is 5.58. The van der Waals surface area contributed by atoms with E-state index in [0.717, 1.165) is 6.42 Å². The zero-order valence-corrected chi connectivity index (χ0v) is 9.83. The lowest BCUT2D eigenvalue weighted by atomic mass is 10.0. The summed E-state index contributed by atoms with van der Waals surface area (Å²) in [6.45, 7) is 6.40. The lowest BCUT2D eigenvalue weighted by molar-refractivity contribution is -0.124. The normalized spacial score (nSPS) is 12.7. The van der Waals surface area contributed by atoms with E-state index in [1.165, 1.54) is 0 Å². The summed E-state index contributed by atoms with van der Waals surface area (Å²) in [7, 11) is 0. The highest BCUT2D eigenvalue weighted by Gasteiger charge is 2.06. The van der Waals surface area contributed by atoms with Gasteiger partial charge in [0.2, 0.25) is 0 Å². The predicted molar refractivity (Wildman–Crippen MR) is 59.8 cm³/mol. The van der Waals surface area contributed by atoms with Crippen LogP contribution in [0.1, 0.15) is 26.7 Å². The van der Waals surface area contributed by atoms with E-state index in [4.69, 9.17) is 15.2 Å². The molecule has 0 saturated carbocycles. The first-order valence-corrected chi connectivity index (χ1v) is 5.58. The standard InChI is InChI=1S/C11H23NO3/c1-3-10(2)8-11(13)9-15-7-6-14-5-4-12/h10H,3-9,12H2,1-2H3. The van der Waals surface area contributed by atoms with Gasteiger partial charge in [0.1, 0.15) is 6.61 Å². The van der Waals surface area contributed by atoms with Crippen LogP contribution in [0.4, 0.5) is 0 Å². The molecule has 4 nitrogen and oxygen atoms in total. The Kier molecular flexibility index (Phi) is 9.78. The van der Waals surface area contributed by atoms with Gasteiger partial charge in [-0.25, -0.2) is 0 Å². The molecule has 0 fully saturated rings. The van der Waals surface area contributed by atoms with Gasteiger partial charge in [-0.1, -0.05) is 20.3 Å². The van der Waals surface area contributed by atoms with E-state index in [1.807, 2.05) is 0 Å². The van der Waals surface area contributed by atoms with Gasteiger partial charge in [0, 0.05) is 13.0 Å². The predicted octanol–water partition coefficient (Wildman–Crippen LogP) is 0.984. The Labute approximate surface area is 92.1 Å². The van der Waals surface area contributed by atoms with Gasteiger partial charge in [-0.2, -0.15) is 0 Å². The minimum absolute atomic E-state index is 0.170. The topological polar surface area (TPSA) is 61.5 Å². The van der Waals surface area contributed by atoms with Crippen molar-refractivity contribution in [1.29, 1.82) is 0 Å². The van der Waals surface area contributed by atoms with Gasteiger partial charge in [0.25, 0.3) is 0 Å². The zero-order valence-electron chi connectivity index (χ0n) is 9.83. The summed E-state index contributed by atoms with van der Waals surface area (Å²) < 4.78 is 10.3. The fourth-order valence-corrected chi connectivity index (χ4v) is 1.08. The van der Waals surface area contributed by atoms with E-state index >= 15 is 0 Å². The van der Waals surface area contributed by atoms with Crippen LogP contribution in [-0.2, 0) is 14.3 Å². The van der Waals surface area contributed by atoms with Crippen LogP contribution in [0, 0.1) is 5.92 Å². The summed E-state index contributed by atoms with van der Waals surface area (Å²) in [4.78, 5) is 11.3. The molecule has 0 amide bonds. The Bertz CT molecular complexity index is 162. The summed E-state index contributed by atoms with van der Waals surface area (Å²) in [6, 6.07) is 0. The Morgan fingerprint density at radius 2 is 1.93 bits per heavy atom. The molecular formula is C11H23NO3. The zero-order chi connectivity index (χ0) is 11.5. The van der Waals surface area contributed by atoms with Gasteiger partial charge in [0.05, 0.1) is 19.8 Å². The second kappa shape index (κ2) is 10.1. The average Bonchev–Trinajstić information content (AvgIpc) is 2.23. The number of rotatable bonds is 10. The van der Waals surface area contributed by atoms with Crippen molar-refractivity contribution in [2.24, 2.45) is 11.7 Å². The quantitative estimate of drug-likeness (QED) is 0.554. The molecule has 1 atom stereocenters. The van der Waals surface area contributed by atoms with Crippen molar-refractivity contribution in [2.45, 2.75) is 26.7 Å². The van der Waals surface area contributed by atoms with Crippen molar-refractivity contribution in [3.8, 4) is 0 Å². The molecule has 0 radical (unpaired) electrons. The van der Waals surface area contributed by atoms with Gasteiger partial charge < -0.3 is 15.2 Å². The molecule has 0 aliphatic rings. The molecule has 15 heavy (non-hydrogen) atoms. The minimum Gasteiger partial charge on any atom is -0.378 e. The third-order valence-electron chi connectivity index (χ3n) is 2.17. The molecule has 0 aliphatic carbocycles. The Hall–Kier alpha value is -0.450. The molecule has 0 bridgehead atoms. The molecule has 0 rings (SSSR count). The second-order valence-corrected chi connectivity index (χ2v) is 3.71. The molecule has 0 aromatic carbocycles. The van der Waals surface area contributed by atoms with Crippen molar-refractivity contribution in [3.63, 3.8) is 0 Å². The van der Waals surface area contributed by atoms with Crippen LogP contribution >= 0.6 is 0 Å². The second-order valence-electron chi connectivity index (χ2n) is 3.71. The van der Waals surface area contributed by atoms with Gasteiger partial charge in [-0.3, -0.25) is 4.79 Å². The maximum atomic E-state index is 11.3. The van der Waals surface area contributed by atoms with Gasteiger partial charge in [-0.15, -0.1) is 0 Å². The van der Waals surface area contributed by atoms with Crippen LogP contribution in [-0.4, -0.2) is 38.8 Å². The molecule has 0 saturated heterocycles. The van der Waals surface area contributed by atoms with Crippen molar-refractivity contribution in [3.05, 3.63) is 0 Å². The fourth-order valence-electron chi connectivity index (χ4n) is 1.08. The number of hydrogen-bond acceptors (Lipinski definition) is 4. The first kappa shape index (κ1) is 14.6. The van der Waals surface area contributed by atoms with Crippen LogP contribution in [0.3, 0.4) is 0 Å². The molecule has 2 N–H and O–H groups in total. The van der Waals surface area contributed by atoms with Gasteiger partial charge >= 0.3 is 0 Å². The van der Waals surface area contributed by atoms with Crippen molar-refractivity contribution >= 4 is 5.78 Å². The Balaban J connectivity index is 3.24. The molecule has 0 aliphatic heterocycles. The lowest BCUT2D eigenvalue weighted by Gasteiger charge is -2.07. The van der Waals surface area contributed by atoms with Crippen LogP contribution in [0.25, 0.3) is 0 Å². The third kappa shape index (κ3) is 9.85. The average molecular weight is 217 g/mol. The number of carbonyl (C=O) groups is 1. The molecular weight excluding hydrogens is 194 g/mol. The highest BCUT2D eigenvalue weighted by Crippen LogP contribution is 2.06. The number of nitrogens with two attached hydrogens (primary N) is 1. The monoisotopic (exact) mass is 217 g/mol. The molecule has 0 spiro atoms. The van der Waals surface area contributed by atoms with E-state index < -0.39 is 0 Å². The SMILES string of the molecule is CCC(C)CC(=O)COCCOCCN. The van der Waals surface area contributed by atoms with Crippen LogP contribution < -0.4 is 5.73 Å². The van der Waals surface area contributed by atoms with E-state index in [1.54, 1.807) is 0 Å². The lowest BCUT2D eigenvalue weighted by Crippen LogP contribution is -2.16. The number of carbonyl (C=O) groups excluding carboxylic acids is 1. The van der Waals surface area contributed by atoms with Crippen molar-refractivity contribution in [2.75, 3.05) is 33.0 Å². The maximum Gasteiger partial charge on any atom is 0.158 e. The summed E-state index contributed by atoms with van der Waals surface area (Å²) in [5.41, 5.74) is 5.24. The molecule has 0 heterocycles. The molecule has 1 unspecified atom stereocenters. The molecule has 4 heteroatoms. The van der Waals surface area contributed by atoms with Crippen LogP contribution in [0.2, 0.25) is 0 Å². The molecule has 0 aromatic rings. The smallest absolute Gasteiger partial charge is 0.158 e. The van der Waals surface area contributed by atoms with Gasteiger partial charge in [-0.05, 0) is 5.92 Å². The number of Topliss-reactive ketones (excluding diaryl/α,β-unsaturated/α-hetero) is 1. The van der Waals surface area contributed by atoms with Crippen molar-refractivity contribution in [1.82, 2.24) is 0 Å². The Morgan fingerprint density at radius 3 is 2.53 bits per heavy atom. The van der Waals surface area contributed by atoms with Crippen molar-refractivity contribution < 1.29 is 14.3 Å². The maximum absolute atomic E-state index is 11.3. The van der Waals surface area contributed by atoms with E-state index in [-0.39, 0.29) is 12.4 Å². The number of hydrogen-bond donors (Lipinski definition) is 1. The van der Waals surface area contributed by atoms with Crippen LogP contribution in [0.15, 0.2) is 0 Å². The van der Waals surface area contributed by atoms with E-state index in [0.29, 0.717) is 38.7 Å². The first-order chi connectivity index (χ1) is 7.20. The summed E-state index contributed by atoms with van der Waals surface area (Å²) in [5, 5.41) is 0.